The van der Waals surface area contributed by atoms with Gasteiger partial charge in [0.1, 0.15) is 0 Å². The molecule has 0 atom stereocenters. The van der Waals surface area contributed by atoms with Gasteiger partial charge in [0.25, 0.3) is 0 Å². The highest BCUT2D eigenvalue weighted by atomic mass is 16.5. The molecule has 17 heavy (non-hydrogen) atoms. The highest BCUT2D eigenvalue weighted by Gasteiger charge is 2.37. The van der Waals surface area contributed by atoms with Crippen molar-refractivity contribution in [1.29, 1.82) is 0 Å². The smallest absolute Gasteiger partial charge is 0.0760 e. The molecular weight excluding hydrogens is 212 g/mol. The van der Waals surface area contributed by atoms with Gasteiger partial charge in [-0.1, -0.05) is 0 Å². The van der Waals surface area contributed by atoms with Gasteiger partial charge in [0.05, 0.1) is 11.2 Å². The first-order valence-electron chi connectivity index (χ1n) is 6.67. The molecular formula is C14H30N2O. The third kappa shape index (κ3) is 5.84. The number of hydrogen-bond donors (Lipinski definition) is 1. The average Bonchev–Trinajstić information content (AvgIpc) is 1.93. The first-order valence-corrected chi connectivity index (χ1v) is 6.67. The highest BCUT2D eigenvalue weighted by molar-refractivity contribution is 4.89. The van der Waals surface area contributed by atoms with E-state index in [-0.39, 0.29) is 16.7 Å². The van der Waals surface area contributed by atoms with Gasteiger partial charge < -0.3 is 10.1 Å². The summed E-state index contributed by atoms with van der Waals surface area (Å²) in [6.45, 7) is 19.5. The van der Waals surface area contributed by atoms with Crippen LogP contribution in [0.25, 0.3) is 0 Å². The summed E-state index contributed by atoms with van der Waals surface area (Å²) in [7, 11) is 0. The van der Waals surface area contributed by atoms with Crippen molar-refractivity contribution in [3.8, 4) is 0 Å². The average molecular weight is 242 g/mol. The zero-order valence-corrected chi connectivity index (χ0v) is 12.7. The van der Waals surface area contributed by atoms with E-state index in [1.165, 1.54) is 0 Å². The third-order valence-electron chi connectivity index (χ3n) is 2.84. The van der Waals surface area contributed by atoms with Crippen LogP contribution in [0.4, 0.5) is 0 Å². The molecule has 0 radical (unpaired) electrons. The molecule has 0 aliphatic carbocycles. The maximum atomic E-state index is 6.08. The van der Waals surface area contributed by atoms with Crippen molar-refractivity contribution in [3.05, 3.63) is 0 Å². The summed E-state index contributed by atoms with van der Waals surface area (Å²) < 4.78 is 6.08. The molecule has 0 saturated carbocycles. The van der Waals surface area contributed by atoms with Gasteiger partial charge >= 0.3 is 0 Å². The molecule has 1 aliphatic heterocycles. The van der Waals surface area contributed by atoms with Gasteiger partial charge in [0, 0.05) is 31.7 Å². The second-order valence-electron chi connectivity index (χ2n) is 7.51. The Morgan fingerprint density at radius 3 is 1.94 bits per heavy atom. The maximum Gasteiger partial charge on any atom is 0.0760 e. The number of rotatable bonds is 3. The predicted molar refractivity (Wildman–Crippen MR) is 73.4 cm³/mol. The van der Waals surface area contributed by atoms with Crippen LogP contribution in [0.5, 0.6) is 0 Å². The molecule has 0 aromatic rings. The van der Waals surface area contributed by atoms with Gasteiger partial charge in [-0.25, -0.2) is 0 Å². The fourth-order valence-electron chi connectivity index (χ4n) is 2.69. The zero-order chi connectivity index (χ0) is 13.3. The van der Waals surface area contributed by atoms with Crippen molar-refractivity contribution in [3.63, 3.8) is 0 Å². The van der Waals surface area contributed by atoms with Gasteiger partial charge in [0.15, 0.2) is 0 Å². The molecule has 0 aromatic carbocycles. The monoisotopic (exact) mass is 242 g/mol. The first kappa shape index (κ1) is 14.9. The van der Waals surface area contributed by atoms with Crippen LogP contribution in [0.3, 0.4) is 0 Å². The molecule has 0 amide bonds. The van der Waals surface area contributed by atoms with Crippen LogP contribution in [0.2, 0.25) is 0 Å². The minimum absolute atomic E-state index is 0.0382. The summed E-state index contributed by atoms with van der Waals surface area (Å²) >= 11 is 0. The van der Waals surface area contributed by atoms with Crippen molar-refractivity contribution in [1.82, 2.24) is 10.2 Å². The molecule has 0 spiro atoms. The molecule has 1 fully saturated rings. The summed E-state index contributed by atoms with van der Waals surface area (Å²) in [5, 5.41) is 3.54. The maximum absolute atomic E-state index is 6.08. The second kappa shape index (κ2) is 4.87. The Bertz CT molecular complexity index is 237. The normalized spacial score (nSPS) is 24.9. The molecule has 0 unspecified atom stereocenters. The molecule has 1 saturated heterocycles. The van der Waals surface area contributed by atoms with Crippen LogP contribution in [-0.2, 0) is 4.74 Å². The minimum Gasteiger partial charge on any atom is -0.367 e. The Hall–Kier alpha value is -0.120. The fraction of sp³-hybridized carbons (Fsp3) is 1.00. The summed E-state index contributed by atoms with van der Waals surface area (Å²) in [6.07, 6.45) is 0. The molecule has 1 N–H and O–H groups in total. The van der Waals surface area contributed by atoms with Gasteiger partial charge in [0.2, 0.25) is 0 Å². The number of nitrogens with one attached hydrogen (secondary N) is 1. The Morgan fingerprint density at radius 2 is 1.53 bits per heavy atom. The van der Waals surface area contributed by atoms with E-state index >= 15 is 0 Å². The van der Waals surface area contributed by atoms with E-state index in [9.17, 15) is 0 Å². The van der Waals surface area contributed by atoms with E-state index in [0.717, 1.165) is 26.2 Å². The van der Waals surface area contributed by atoms with Gasteiger partial charge in [-0.2, -0.15) is 0 Å². The Balaban J connectivity index is 2.43. The molecule has 1 rings (SSSR count). The topological polar surface area (TPSA) is 24.5 Å². The highest BCUT2D eigenvalue weighted by Crippen LogP contribution is 2.27. The van der Waals surface area contributed by atoms with E-state index in [1.54, 1.807) is 0 Å². The van der Waals surface area contributed by atoms with Crippen molar-refractivity contribution in [2.75, 3.05) is 26.2 Å². The van der Waals surface area contributed by atoms with Crippen LogP contribution in [0, 0.1) is 0 Å². The first-order chi connectivity index (χ1) is 7.49. The standard InChI is InChI=1S/C14H30N2O/c1-12(2,3)15-8-9-16-10-13(4,5)17-14(6,7)11-16/h15H,8-11H2,1-7H3. The SMILES string of the molecule is CC(C)(C)NCCN1CC(C)(C)OC(C)(C)C1. The second-order valence-corrected chi connectivity index (χ2v) is 7.51. The molecule has 102 valence electrons. The van der Waals surface area contributed by atoms with E-state index in [2.05, 4.69) is 58.7 Å². The largest absolute Gasteiger partial charge is 0.367 e. The van der Waals surface area contributed by atoms with Crippen molar-refractivity contribution in [2.24, 2.45) is 0 Å². The van der Waals surface area contributed by atoms with Gasteiger partial charge in [-0.3, -0.25) is 4.90 Å². The molecule has 1 heterocycles. The van der Waals surface area contributed by atoms with Gasteiger partial charge in [-0.05, 0) is 48.5 Å². The zero-order valence-electron chi connectivity index (χ0n) is 12.7. The number of hydrogen-bond acceptors (Lipinski definition) is 3. The number of nitrogens with zero attached hydrogens (tertiary/aromatic N) is 1. The minimum atomic E-state index is -0.0382. The summed E-state index contributed by atoms with van der Waals surface area (Å²) in [4.78, 5) is 2.50. The van der Waals surface area contributed by atoms with E-state index < -0.39 is 0 Å². The van der Waals surface area contributed by atoms with Crippen LogP contribution >= 0.6 is 0 Å². The van der Waals surface area contributed by atoms with Crippen LogP contribution < -0.4 is 5.32 Å². The molecule has 3 nitrogen and oxygen atoms in total. The van der Waals surface area contributed by atoms with Crippen LogP contribution in [-0.4, -0.2) is 47.8 Å². The van der Waals surface area contributed by atoms with E-state index in [4.69, 9.17) is 4.74 Å². The number of morpholine rings is 1. The quantitative estimate of drug-likeness (QED) is 0.821. The van der Waals surface area contributed by atoms with E-state index in [0.29, 0.717) is 0 Å². The third-order valence-corrected chi connectivity index (χ3v) is 2.84. The van der Waals surface area contributed by atoms with E-state index in [1.807, 2.05) is 0 Å². The van der Waals surface area contributed by atoms with Crippen LogP contribution in [0.1, 0.15) is 48.5 Å². The van der Waals surface area contributed by atoms with Crippen molar-refractivity contribution >= 4 is 0 Å². The molecule has 1 aliphatic rings. The Labute approximate surface area is 107 Å². The Kier molecular flexibility index (Phi) is 4.28. The lowest BCUT2D eigenvalue weighted by Gasteiger charge is -2.47. The lowest BCUT2D eigenvalue weighted by Crippen LogP contribution is -2.58. The van der Waals surface area contributed by atoms with Gasteiger partial charge in [-0.15, -0.1) is 0 Å². The summed E-state index contributed by atoms with van der Waals surface area (Å²) in [6, 6.07) is 0. The summed E-state index contributed by atoms with van der Waals surface area (Å²) in [5.74, 6) is 0. The summed E-state index contributed by atoms with van der Waals surface area (Å²) in [5.41, 5.74) is 0.129. The molecule has 0 bridgehead atoms. The fourth-order valence-corrected chi connectivity index (χ4v) is 2.69. The lowest BCUT2D eigenvalue weighted by atomic mass is 9.99. The van der Waals surface area contributed by atoms with Crippen molar-refractivity contribution in [2.45, 2.75) is 65.2 Å². The molecule has 0 aromatic heterocycles. The van der Waals surface area contributed by atoms with Crippen molar-refractivity contribution < 1.29 is 4.74 Å². The number of ether oxygens (including phenoxy) is 1. The lowest BCUT2D eigenvalue weighted by molar-refractivity contribution is -0.180. The van der Waals surface area contributed by atoms with Crippen LogP contribution in [0.15, 0.2) is 0 Å². The predicted octanol–water partition coefficient (Wildman–Crippen LogP) is 2.26. The Morgan fingerprint density at radius 1 is 1.06 bits per heavy atom. The molecule has 3 heteroatoms.